The summed E-state index contributed by atoms with van der Waals surface area (Å²) in [6, 6.07) is 7.79. The van der Waals surface area contributed by atoms with Gasteiger partial charge in [0, 0.05) is 18.8 Å². The molecule has 1 atom stereocenters. The van der Waals surface area contributed by atoms with Crippen LogP contribution in [0.4, 0.5) is 5.69 Å². The van der Waals surface area contributed by atoms with E-state index in [1.54, 1.807) is 0 Å². The monoisotopic (exact) mass is 287 g/mol. The molecule has 2 amide bonds. The number of benzene rings is 1. The van der Waals surface area contributed by atoms with Crippen molar-refractivity contribution in [1.82, 2.24) is 10.2 Å². The lowest BCUT2D eigenvalue weighted by Gasteiger charge is -2.26. The Morgan fingerprint density at radius 1 is 1.24 bits per heavy atom. The molecule has 2 heterocycles. The van der Waals surface area contributed by atoms with Crippen LogP contribution in [0, 0.1) is 0 Å². The molecule has 1 unspecified atom stereocenters. The maximum Gasteiger partial charge on any atom is 0.242 e. The minimum absolute atomic E-state index is 0.0251. The number of carbonyl (C=O) groups excluding carboxylic acids is 2. The summed E-state index contributed by atoms with van der Waals surface area (Å²) < 4.78 is 0. The second-order valence-corrected chi connectivity index (χ2v) is 5.70. The molecule has 21 heavy (non-hydrogen) atoms. The number of rotatable bonds is 3. The van der Waals surface area contributed by atoms with Crippen molar-refractivity contribution in [3.63, 3.8) is 0 Å². The van der Waals surface area contributed by atoms with Crippen LogP contribution >= 0.6 is 0 Å². The van der Waals surface area contributed by atoms with Gasteiger partial charge < -0.3 is 15.5 Å². The fourth-order valence-electron chi connectivity index (χ4n) is 3.00. The topological polar surface area (TPSA) is 61.4 Å². The number of fused-ring (bicyclic) bond motifs is 1. The Morgan fingerprint density at radius 3 is 2.81 bits per heavy atom. The number of hydrogen-bond acceptors (Lipinski definition) is 3. The summed E-state index contributed by atoms with van der Waals surface area (Å²) in [5, 5.41) is 6.02. The predicted molar refractivity (Wildman–Crippen MR) is 81.0 cm³/mol. The zero-order valence-electron chi connectivity index (χ0n) is 12.1. The van der Waals surface area contributed by atoms with Gasteiger partial charge in [-0.2, -0.15) is 0 Å². The average Bonchev–Trinajstić information content (AvgIpc) is 3.06. The lowest BCUT2D eigenvalue weighted by Crippen LogP contribution is -2.46. The van der Waals surface area contributed by atoms with E-state index in [0.29, 0.717) is 0 Å². The maximum absolute atomic E-state index is 12.2. The molecule has 2 aliphatic rings. The van der Waals surface area contributed by atoms with E-state index in [0.717, 1.165) is 44.5 Å². The van der Waals surface area contributed by atoms with Crippen LogP contribution in [0.1, 0.15) is 24.8 Å². The molecule has 0 radical (unpaired) electrons. The van der Waals surface area contributed by atoms with Gasteiger partial charge in [0.05, 0.1) is 6.54 Å². The number of carbonyl (C=O) groups is 2. The van der Waals surface area contributed by atoms with Crippen molar-refractivity contribution in [2.24, 2.45) is 0 Å². The zero-order valence-corrected chi connectivity index (χ0v) is 12.1. The van der Waals surface area contributed by atoms with E-state index < -0.39 is 0 Å². The highest BCUT2D eigenvalue weighted by atomic mass is 16.2. The first-order valence-corrected chi connectivity index (χ1v) is 7.64. The Bertz CT molecular complexity index is 538. The third-order valence-corrected chi connectivity index (χ3v) is 4.24. The number of hydrogen-bond donors (Lipinski definition) is 2. The second kappa shape index (κ2) is 6.16. The van der Waals surface area contributed by atoms with E-state index in [-0.39, 0.29) is 24.4 Å². The molecule has 2 aliphatic heterocycles. The molecule has 0 spiro atoms. The van der Waals surface area contributed by atoms with E-state index in [1.165, 1.54) is 5.56 Å². The van der Waals surface area contributed by atoms with Gasteiger partial charge in [-0.25, -0.2) is 0 Å². The Balaban J connectivity index is 1.51. The number of para-hydroxylation sites is 1. The highest BCUT2D eigenvalue weighted by Gasteiger charge is 2.25. The first-order chi connectivity index (χ1) is 10.2. The smallest absolute Gasteiger partial charge is 0.242 e. The van der Waals surface area contributed by atoms with Crippen LogP contribution < -0.4 is 10.6 Å². The minimum Gasteiger partial charge on any atom is -0.373 e. The van der Waals surface area contributed by atoms with Gasteiger partial charge in [0.2, 0.25) is 11.8 Å². The zero-order chi connectivity index (χ0) is 14.7. The fraction of sp³-hybridized carbons (Fsp3) is 0.500. The summed E-state index contributed by atoms with van der Waals surface area (Å²) in [7, 11) is 0. The molecule has 1 aromatic rings. The number of aryl methyl sites for hydroxylation is 1. The minimum atomic E-state index is -0.244. The Morgan fingerprint density at radius 2 is 2.00 bits per heavy atom. The molecule has 0 aromatic heterocycles. The number of nitrogens with one attached hydrogen (secondary N) is 2. The SMILES string of the molecule is O=C(NCC(=O)N1CCCC1)C1CCc2ccccc2N1. The van der Waals surface area contributed by atoms with Crippen LogP contribution in [0.2, 0.25) is 0 Å². The van der Waals surface area contributed by atoms with Crippen molar-refractivity contribution >= 4 is 17.5 Å². The summed E-state index contributed by atoms with van der Waals surface area (Å²) in [6.45, 7) is 1.76. The van der Waals surface area contributed by atoms with Gasteiger partial charge >= 0.3 is 0 Å². The third kappa shape index (κ3) is 3.17. The molecular weight excluding hydrogens is 266 g/mol. The Labute approximate surface area is 124 Å². The van der Waals surface area contributed by atoms with Crippen molar-refractivity contribution in [3.8, 4) is 0 Å². The largest absolute Gasteiger partial charge is 0.373 e. The predicted octanol–water partition coefficient (Wildman–Crippen LogP) is 1.15. The maximum atomic E-state index is 12.2. The normalized spacial score (nSPS) is 20.6. The lowest BCUT2D eigenvalue weighted by atomic mass is 9.98. The quantitative estimate of drug-likeness (QED) is 0.877. The molecule has 1 saturated heterocycles. The summed E-state index contributed by atoms with van der Waals surface area (Å²) in [5.74, 6) is -0.0610. The van der Waals surface area contributed by atoms with Crippen molar-refractivity contribution < 1.29 is 9.59 Å². The van der Waals surface area contributed by atoms with Crippen LogP contribution in [0.5, 0.6) is 0 Å². The van der Waals surface area contributed by atoms with E-state index in [1.807, 2.05) is 23.1 Å². The molecule has 0 bridgehead atoms. The molecule has 3 rings (SSSR count). The highest BCUT2D eigenvalue weighted by Crippen LogP contribution is 2.24. The van der Waals surface area contributed by atoms with Gasteiger partial charge in [-0.3, -0.25) is 9.59 Å². The van der Waals surface area contributed by atoms with Crippen molar-refractivity contribution in [3.05, 3.63) is 29.8 Å². The molecule has 5 nitrogen and oxygen atoms in total. The molecule has 1 aromatic carbocycles. The average molecular weight is 287 g/mol. The van der Waals surface area contributed by atoms with Crippen LogP contribution in [-0.4, -0.2) is 42.4 Å². The standard InChI is InChI=1S/C16H21N3O2/c20-15(19-9-3-4-10-19)11-17-16(21)14-8-7-12-5-1-2-6-13(12)18-14/h1-2,5-6,14,18H,3-4,7-11H2,(H,17,21). The number of nitrogens with zero attached hydrogens (tertiary/aromatic N) is 1. The van der Waals surface area contributed by atoms with Gasteiger partial charge in [-0.15, -0.1) is 0 Å². The van der Waals surface area contributed by atoms with Crippen LogP contribution in [0.3, 0.4) is 0 Å². The van der Waals surface area contributed by atoms with Gasteiger partial charge in [0.25, 0.3) is 0 Å². The molecule has 112 valence electrons. The van der Waals surface area contributed by atoms with E-state index in [4.69, 9.17) is 0 Å². The van der Waals surface area contributed by atoms with Gasteiger partial charge in [-0.1, -0.05) is 18.2 Å². The van der Waals surface area contributed by atoms with E-state index in [2.05, 4.69) is 16.7 Å². The number of likely N-dealkylation sites (tertiary alicyclic amines) is 1. The van der Waals surface area contributed by atoms with Gasteiger partial charge in [0.15, 0.2) is 0 Å². The molecule has 0 saturated carbocycles. The summed E-state index contributed by atoms with van der Waals surface area (Å²) in [4.78, 5) is 25.9. The Hall–Kier alpha value is -2.04. The molecule has 0 aliphatic carbocycles. The Kier molecular flexibility index (Phi) is 4.08. The molecule has 1 fully saturated rings. The van der Waals surface area contributed by atoms with Crippen LogP contribution in [0.25, 0.3) is 0 Å². The summed E-state index contributed by atoms with van der Waals surface area (Å²) in [6.07, 6.45) is 3.80. The van der Waals surface area contributed by atoms with Crippen molar-refractivity contribution in [2.45, 2.75) is 31.7 Å². The van der Waals surface area contributed by atoms with E-state index >= 15 is 0 Å². The molecular formula is C16H21N3O2. The van der Waals surface area contributed by atoms with Crippen molar-refractivity contribution in [2.75, 3.05) is 25.0 Å². The first kappa shape index (κ1) is 13.9. The highest BCUT2D eigenvalue weighted by molar-refractivity contribution is 5.89. The first-order valence-electron chi connectivity index (χ1n) is 7.64. The summed E-state index contributed by atoms with van der Waals surface area (Å²) >= 11 is 0. The fourth-order valence-corrected chi connectivity index (χ4v) is 3.00. The van der Waals surface area contributed by atoms with E-state index in [9.17, 15) is 9.59 Å². The number of amides is 2. The van der Waals surface area contributed by atoms with Crippen LogP contribution in [0.15, 0.2) is 24.3 Å². The molecule has 2 N–H and O–H groups in total. The van der Waals surface area contributed by atoms with Crippen molar-refractivity contribution in [1.29, 1.82) is 0 Å². The molecule has 5 heteroatoms. The van der Waals surface area contributed by atoms with Gasteiger partial charge in [0.1, 0.15) is 6.04 Å². The summed E-state index contributed by atoms with van der Waals surface area (Å²) in [5.41, 5.74) is 2.27. The lowest BCUT2D eigenvalue weighted by molar-refractivity contribution is -0.132. The number of anilines is 1. The van der Waals surface area contributed by atoms with Crippen LogP contribution in [-0.2, 0) is 16.0 Å². The second-order valence-electron chi connectivity index (χ2n) is 5.70. The van der Waals surface area contributed by atoms with Gasteiger partial charge in [-0.05, 0) is 37.3 Å². The third-order valence-electron chi connectivity index (χ3n) is 4.24.